The SMILES string of the molecule is O=C([O-])/C=C(\C(=O)C(=O)[O-])C(O)C(=O)[O-]. The maximum atomic E-state index is 10.7. The molecular weight excluding hydrogens is 212 g/mol. The number of aliphatic hydroxyl groups is 1. The highest BCUT2D eigenvalue weighted by molar-refractivity contribution is 6.40. The fraction of sp³-hybridized carbons (Fsp3) is 0.143. The summed E-state index contributed by atoms with van der Waals surface area (Å²) in [5.74, 6) is -8.60. The number of carbonyl (C=O) groups is 4. The van der Waals surface area contributed by atoms with Gasteiger partial charge < -0.3 is 34.8 Å². The summed E-state index contributed by atoms with van der Waals surface area (Å²) in [5.41, 5.74) is -1.41. The summed E-state index contributed by atoms with van der Waals surface area (Å²) in [6, 6.07) is 0. The van der Waals surface area contributed by atoms with Crippen molar-refractivity contribution in [3.8, 4) is 0 Å². The van der Waals surface area contributed by atoms with Crippen LogP contribution in [0.25, 0.3) is 0 Å². The summed E-state index contributed by atoms with van der Waals surface area (Å²) in [6.07, 6.45) is -2.83. The van der Waals surface area contributed by atoms with E-state index in [9.17, 15) is 34.5 Å². The lowest BCUT2D eigenvalue weighted by Crippen LogP contribution is -2.43. The van der Waals surface area contributed by atoms with Crippen LogP contribution in [0.4, 0.5) is 0 Å². The van der Waals surface area contributed by atoms with Gasteiger partial charge in [0.1, 0.15) is 12.1 Å². The summed E-state index contributed by atoms with van der Waals surface area (Å²) in [6.45, 7) is 0. The van der Waals surface area contributed by atoms with Gasteiger partial charge >= 0.3 is 0 Å². The van der Waals surface area contributed by atoms with Crippen LogP contribution in [0.1, 0.15) is 0 Å². The number of carbonyl (C=O) groups excluding carboxylic acids is 4. The van der Waals surface area contributed by atoms with Gasteiger partial charge in [-0.15, -0.1) is 0 Å². The van der Waals surface area contributed by atoms with E-state index in [1.165, 1.54) is 0 Å². The van der Waals surface area contributed by atoms with Crippen LogP contribution in [0.3, 0.4) is 0 Å². The highest BCUT2D eigenvalue weighted by atomic mass is 16.4. The minimum absolute atomic E-state index is 0.154. The molecule has 1 unspecified atom stereocenters. The summed E-state index contributed by atoms with van der Waals surface area (Å²) >= 11 is 0. The molecule has 0 aliphatic rings. The van der Waals surface area contributed by atoms with Crippen molar-refractivity contribution in [3.63, 3.8) is 0 Å². The molecule has 0 rings (SSSR count). The van der Waals surface area contributed by atoms with Gasteiger partial charge in [0.25, 0.3) is 0 Å². The van der Waals surface area contributed by atoms with Crippen LogP contribution >= 0.6 is 0 Å². The molecule has 0 spiro atoms. The zero-order valence-electron chi connectivity index (χ0n) is 6.96. The van der Waals surface area contributed by atoms with E-state index in [1.807, 2.05) is 0 Å². The molecule has 0 amide bonds. The minimum atomic E-state index is -2.67. The average molecular weight is 215 g/mol. The van der Waals surface area contributed by atoms with E-state index in [-0.39, 0.29) is 6.08 Å². The number of rotatable bonds is 5. The molecule has 82 valence electrons. The predicted molar refractivity (Wildman–Crippen MR) is 34.1 cm³/mol. The lowest BCUT2D eigenvalue weighted by atomic mass is 10.0. The average Bonchev–Trinajstić information content (AvgIpc) is 2.11. The molecule has 0 fully saturated rings. The zero-order valence-corrected chi connectivity index (χ0v) is 6.96. The van der Waals surface area contributed by atoms with E-state index < -0.39 is 35.4 Å². The highest BCUT2D eigenvalue weighted by Crippen LogP contribution is 2.03. The first-order valence-electron chi connectivity index (χ1n) is 3.34. The number of carboxylic acids is 3. The molecule has 0 heterocycles. The minimum Gasteiger partial charge on any atom is -0.547 e. The van der Waals surface area contributed by atoms with Gasteiger partial charge in [0.15, 0.2) is 0 Å². The molecule has 0 saturated heterocycles. The van der Waals surface area contributed by atoms with Crippen molar-refractivity contribution in [2.24, 2.45) is 0 Å². The molecule has 0 aromatic carbocycles. The fourth-order valence-corrected chi connectivity index (χ4v) is 0.640. The van der Waals surface area contributed by atoms with E-state index >= 15 is 0 Å². The third-order valence-corrected chi connectivity index (χ3v) is 1.24. The molecular formula is C7H3O8-3. The molecule has 15 heavy (non-hydrogen) atoms. The monoisotopic (exact) mass is 215 g/mol. The zero-order chi connectivity index (χ0) is 12.2. The quantitative estimate of drug-likeness (QED) is 0.350. The first-order chi connectivity index (χ1) is 6.77. The molecule has 0 aliphatic carbocycles. The Hall–Kier alpha value is -2.22. The van der Waals surface area contributed by atoms with Crippen LogP contribution in [0.2, 0.25) is 0 Å². The molecule has 0 bridgehead atoms. The van der Waals surface area contributed by atoms with Crippen LogP contribution in [0.5, 0.6) is 0 Å². The van der Waals surface area contributed by atoms with Gasteiger partial charge in [0.05, 0.1) is 11.9 Å². The van der Waals surface area contributed by atoms with Crippen molar-refractivity contribution in [2.75, 3.05) is 0 Å². The van der Waals surface area contributed by atoms with Gasteiger partial charge in [-0.1, -0.05) is 0 Å². The Morgan fingerprint density at radius 3 is 1.80 bits per heavy atom. The van der Waals surface area contributed by atoms with Crippen molar-refractivity contribution < 1.29 is 39.6 Å². The van der Waals surface area contributed by atoms with Crippen LogP contribution in [0, 0.1) is 0 Å². The number of Topliss-reactive ketones (excluding diaryl/α,β-unsaturated/α-hetero) is 1. The Labute approximate surface area is 82.1 Å². The predicted octanol–water partition coefficient (Wildman–Crippen LogP) is -5.91. The first kappa shape index (κ1) is 12.8. The van der Waals surface area contributed by atoms with Gasteiger partial charge in [-0.2, -0.15) is 0 Å². The normalized spacial score (nSPS) is 13.0. The molecule has 0 radical (unpaired) electrons. The number of aliphatic hydroxyl groups excluding tert-OH is 1. The standard InChI is InChI=1S/C7H6O8/c8-3(9)1-2(4(10)6(12)13)5(11)7(14)15/h1,4,10H,(H,8,9)(H,12,13)(H,14,15)/p-3/b2-1-. The lowest BCUT2D eigenvalue weighted by molar-refractivity contribution is -0.313. The maximum Gasteiger partial charge on any atom is 0.207 e. The molecule has 8 heteroatoms. The molecule has 0 aromatic rings. The summed E-state index contributed by atoms with van der Waals surface area (Å²) in [4.78, 5) is 40.7. The van der Waals surface area contributed by atoms with Crippen LogP contribution < -0.4 is 15.3 Å². The van der Waals surface area contributed by atoms with Crippen LogP contribution in [0.15, 0.2) is 11.6 Å². The smallest absolute Gasteiger partial charge is 0.207 e. The van der Waals surface area contributed by atoms with Gasteiger partial charge in [-0.05, 0) is 6.08 Å². The number of carboxylic acid groups (broad SMARTS) is 3. The summed E-state index contributed by atoms with van der Waals surface area (Å²) < 4.78 is 0. The van der Waals surface area contributed by atoms with Crippen molar-refractivity contribution in [2.45, 2.75) is 6.10 Å². The number of ketones is 1. The molecule has 0 aromatic heterocycles. The van der Waals surface area contributed by atoms with Crippen LogP contribution in [-0.4, -0.2) is 34.9 Å². The molecule has 8 nitrogen and oxygen atoms in total. The van der Waals surface area contributed by atoms with E-state index in [4.69, 9.17) is 5.11 Å². The third-order valence-electron chi connectivity index (χ3n) is 1.24. The van der Waals surface area contributed by atoms with Crippen molar-refractivity contribution >= 4 is 23.7 Å². The highest BCUT2D eigenvalue weighted by Gasteiger charge is 2.20. The second kappa shape index (κ2) is 4.86. The fourth-order valence-electron chi connectivity index (χ4n) is 0.640. The van der Waals surface area contributed by atoms with Gasteiger partial charge in [-0.3, -0.25) is 4.79 Å². The van der Waals surface area contributed by atoms with E-state index in [2.05, 4.69) is 0 Å². The van der Waals surface area contributed by atoms with Gasteiger partial charge in [0.2, 0.25) is 5.78 Å². The Morgan fingerprint density at radius 1 is 1.07 bits per heavy atom. The molecule has 1 atom stereocenters. The van der Waals surface area contributed by atoms with Crippen molar-refractivity contribution in [1.82, 2.24) is 0 Å². The topological polar surface area (TPSA) is 158 Å². The number of aliphatic carboxylic acids is 3. The maximum absolute atomic E-state index is 10.7. The van der Waals surface area contributed by atoms with E-state index in [1.54, 1.807) is 0 Å². The lowest BCUT2D eigenvalue weighted by Gasteiger charge is -2.15. The first-order valence-corrected chi connectivity index (χ1v) is 3.34. The van der Waals surface area contributed by atoms with Gasteiger partial charge in [-0.25, -0.2) is 0 Å². The Bertz CT molecular complexity index is 352. The second-order valence-electron chi connectivity index (χ2n) is 2.26. The second-order valence-corrected chi connectivity index (χ2v) is 2.26. The number of hydrogen-bond donors (Lipinski definition) is 1. The third kappa shape index (κ3) is 3.56. The largest absolute Gasteiger partial charge is 0.547 e. The van der Waals surface area contributed by atoms with Gasteiger partial charge in [0, 0.05) is 5.57 Å². The Balaban J connectivity index is 5.25. The molecule has 1 N–H and O–H groups in total. The number of hydrogen-bond acceptors (Lipinski definition) is 8. The van der Waals surface area contributed by atoms with E-state index in [0.29, 0.717) is 0 Å². The Morgan fingerprint density at radius 2 is 1.53 bits per heavy atom. The molecule has 0 saturated carbocycles. The summed E-state index contributed by atoms with van der Waals surface area (Å²) in [5, 5.41) is 38.8. The van der Waals surface area contributed by atoms with Crippen molar-refractivity contribution in [1.29, 1.82) is 0 Å². The Kier molecular flexibility index (Phi) is 4.14. The van der Waals surface area contributed by atoms with Crippen LogP contribution in [-0.2, 0) is 19.2 Å². The summed E-state index contributed by atoms with van der Waals surface area (Å²) in [7, 11) is 0. The van der Waals surface area contributed by atoms with Crippen molar-refractivity contribution in [3.05, 3.63) is 11.6 Å². The molecule has 0 aliphatic heterocycles. The van der Waals surface area contributed by atoms with E-state index in [0.717, 1.165) is 0 Å².